The van der Waals surface area contributed by atoms with Gasteiger partial charge in [-0.15, -0.1) is 0 Å². The van der Waals surface area contributed by atoms with Gasteiger partial charge in [0.15, 0.2) is 0 Å². The van der Waals surface area contributed by atoms with Gasteiger partial charge in [-0.2, -0.15) is 0 Å². The molecule has 0 heterocycles. The first-order chi connectivity index (χ1) is 11.8. The summed E-state index contributed by atoms with van der Waals surface area (Å²) in [4.78, 5) is 11.8. The van der Waals surface area contributed by atoms with E-state index in [9.17, 15) is 4.79 Å². The highest BCUT2D eigenvalue weighted by Crippen LogP contribution is 2.29. The maximum Gasteiger partial charge on any atom is 0.315 e. The van der Waals surface area contributed by atoms with Crippen LogP contribution in [0.2, 0.25) is 0 Å². The summed E-state index contributed by atoms with van der Waals surface area (Å²) in [7, 11) is 0. The van der Waals surface area contributed by atoms with Crippen LogP contribution in [-0.4, -0.2) is 19.2 Å². The summed E-state index contributed by atoms with van der Waals surface area (Å²) < 4.78 is 5.88. The summed E-state index contributed by atoms with van der Waals surface area (Å²) in [6.07, 6.45) is 4.73. The molecule has 4 nitrogen and oxygen atoms in total. The van der Waals surface area contributed by atoms with E-state index in [-0.39, 0.29) is 6.03 Å². The van der Waals surface area contributed by atoms with E-state index < -0.39 is 0 Å². The third-order valence-corrected chi connectivity index (χ3v) is 4.29. The molecule has 0 unspecified atom stereocenters. The number of fused-ring (bicyclic) bond motifs is 1. The lowest BCUT2D eigenvalue weighted by Crippen LogP contribution is -2.37. The lowest BCUT2D eigenvalue weighted by atomic mass is 9.91. The monoisotopic (exact) mass is 324 g/mol. The van der Waals surface area contributed by atoms with E-state index in [1.54, 1.807) is 0 Å². The van der Waals surface area contributed by atoms with Gasteiger partial charge in [0.1, 0.15) is 12.4 Å². The molecule has 0 saturated carbocycles. The molecule has 0 bridgehead atoms. The predicted octanol–water partition coefficient (Wildman–Crippen LogP) is 3.44. The summed E-state index contributed by atoms with van der Waals surface area (Å²) >= 11 is 0. The summed E-state index contributed by atoms with van der Waals surface area (Å²) in [5.41, 5.74) is 3.84. The number of carbonyl (C=O) groups is 1. The van der Waals surface area contributed by atoms with E-state index >= 15 is 0 Å². The number of benzene rings is 2. The molecule has 2 amide bonds. The molecule has 2 N–H and O–H groups in total. The molecule has 0 radical (unpaired) electrons. The molecule has 0 fully saturated rings. The average molecular weight is 324 g/mol. The zero-order valence-electron chi connectivity index (χ0n) is 13.9. The highest BCUT2D eigenvalue weighted by atomic mass is 16.5. The number of carbonyl (C=O) groups excluding carboxylic acids is 1. The second-order valence-corrected chi connectivity index (χ2v) is 6.04. The molecule has 2 aromatic rings. The fraction of sp³-hybridized carbons (Fsp3) is 0.350. The third kappa shape index (κ3) is 4.51. The number of hydrogen-bond acceptors (Lipinski definition) is 2. The highest BCUT2D eigenvalue weighted by Gasteiger charge is 2.13. The van der Waals surface area contributed by atoms with Crippen LogP contribution >= 0.6 is 0 Å². The van der Waals surface area contributed by atoms with Crippen LogP contribution in [0.1, 0.15) is 29.5 Å². The van der Waals surface area contributed by atoms with Crippen molar-refractivity contribution in [3.05, 3.63) is 65.2 Å². The molecule has 1 aliphatic carbocycles. The maximum atomic E-state index is 11.8. The summed E-state index contributed by atoms with van der Waals surface area (Å²) in [6, 6.07) is 16.0. The van der Waals surface area contributed by atoms with Crippen LogP contribution in [0.15, 0.2) is 48.5 Å². The van der Waals surface area contributed by atoms with E-state index in [0.29, 0.717) is 19.7 Å². The largest absolute Gasteiger partial charge is 0.491 e. The average Bonchev–Trinajstić information content (AvgIpc) is 2.64. The molecule has 0 saturated heterocycles. The fourth-order valence-electron chi connectivity index (χ4n) is 3.05. The highest BCUT2D eigenvalue weighted by molar-refractivity contribution is 5.73. The van der Waals surface area contributed by atoms with Crippen LogP contribution in [0.3, 0.4) is 0 Å². The van der Waals surface area contributed by atoms with Crippen LogP contribution < -0.4 is 15.4 Å². The Morgan fingerprint density at radius 2 is 1.79 bits per heavy atom. The van der Waals surface area contributed by atoms with Crippen molar-refractivity contribution in [2.45, 2.75) is 32.2 Å². The van der Waals surface area contributed by atoms with Crippen LogP contribution in [0, 0.1) is 0 Å². The van der Waals surface area contributed by atoms with Gasteiger partial charge in [-0.05, 0) is 48.4 Å². The molecule has 3 rings (SSSR count). The Hall–Kier alpha value is -2.49. The Kier molecular flexibility index (Phi) is 5.72. The fourth-order valence-corrected chi connectivity index (χ4v) is 3.05. The van der Waals surface area contributed by atoms with E-state index in [2.05, 4.69) is 22.8 Å². The summed E-state index contributed by atoms with van der Waals surface area (Å²) in [6.45, 7) is 1.50. The first-order valence-corrected chi connectivity index (χ1v) is 8.62. The number of urea groups is 1. The van der Waals surface area contributed by atoms with Crippen molar-refractivity contribution in [3.8, 4) is 5.75 Å². The van der Waals surface area contributed by atoms with E-state index in [0.717, 1.165) is 24.2 Å². The molecule has 126 valence electrons. The van der Waals surface area contributed by atoms with Gasteiger partial charge in [0.25, 0.3) is 0 Å². The second-order valence-electron chi connectivity index (χ2n) is 6.04. The molecule has 4 heteroatoms. The number of ether oxygens (including phenoxy) is 1. The predicted molar refractivity (Wildman–Crippen MR) is 95.3 cm³/mol. The van der Waals surface area contributed by atoms with Crippen molar-refractivity contribution in [3.63, 3.8) is 0 Å². The van der Waals surface area contributed by atoms with Gasteiger partial charge >= 0.3 is 6.03 Å². The zero-order chi connectivity index (χ0) is 16.6. The van der Waals surface area contributed by atoms with Gasteiger partial charge in [0.2, 0.25) is 0 Å². The first-order valence-electron chi connectivity index (χ1n) is 8.62. The van der Waals surface area contributed by atoms with Gasteiger partial charge in [0, 0.05) is 6.54 Å². The van der Waals surface area contributed by atoms with Gasteiger partial charge in [-0.25, -0.2) is 4.79 Å². The van der Waals surface area contributed by atoms with Crippen molar-refractivity contribution in [1.82, 2.24) is 10.6 Å². The van der Waals surface area contributed by atoms with Gasteiger partial charge in [-0.3, -0.25) is 0 Å². The minimum absolute atomic E-state index is 0.169. The van der Waals surface area contributed by atoms with E-state index in [1.807, 2.05) is 36.4 Å². The van der Waals surface area contributed by atoms with Crippen molar-refractivity contribution >= 4 is 6.03 Å². The quantitative estimate of drug-likeness (QED) is 0.800. The number of aryl methyl sites for hydroxylation is 1. The molecule has 2 aromatic carbocycles. The van der Waals surface area contributed by atoms with Crippen molar-refractivity contribution in [2.75, 3.05) is 13.2 Å². The maximum absolute atomic E-state index is 11.8. The van der Waals surface area contributed by atoms with E-state index in [4.69, 9.17) is 4.74 Å². The van der Waals surface area contributed by atoms with Gasteiger partial charge in [-0.1, -0.05) is 42.5 Å². The topological polar surface area (TPSA) is 50.4 Å². The Morgan fingerprint density at radius 3 is 2.67 bits per heavy atom. The number of amides is 2. The molecular weight excluding hydrogens is 300 g/mol. The van der Waals surface area contributed by atoms with Gasteiger partial charge < -0.3 is 15.4 Å². The molecule has 0 atom stereocenters. The number of hydrogen-bond donors (Lipinski definition) is 2. The molecular formula is C20H24N2O2. The van der Waals surface area contributed by atoms with Crippen molar-refractivity contribution < 1.29 is 9.53 Å². The lowest BCUT2D eigenvalue weighted by Gasteiger charge is -2.19. The Labute approximate surface area is 143 Å². The number of nitrogens with one attached hydrogen (secondary N) is 2. The Morgan fingerprint density at radius 1 is 0.958 bits per heavy atom. The minimum atomic E-state index is -0.169. The standard InChI is InChI=1S/C20H24N2O2/c23-20(22-15-16-7-2-1-3-8-16)21-13-14-24-19-12-6-10-17-9-4-5-11-18(17)19/h1-3,6-8,10,12H,4-5,9,11,13-15H2,(H2,21,22,23). The Bertz CT molecular complexity index is 671. The van der Waals surface area contributed by atoms with Crippen LogP contribution in [-0.2, 0) is 19.4 Å². The number of rotatable bonds is 6. The molecule has 0 aromatic heterocycles. The third-order valence-electron chi connectivity index (χ3n) is 4.29. The Balaban J connectivity index is 1.39. The van der Waals surface area contributed by atoms with Crippen LogP contribution in [0.25, 0.3) is 0 Å². The molecule has 0 aliphatic heterocycles. The normalized spacial score (nSPS) is 13.0. The van der Waals surface area contributed by atoms with Crippen molar-refractivity contribution in [2.24, 2.45) is 0 Å². The van der Waals surface area contributed by atoms with Crippen LogP contribution in [0.5, 0.6) is 5.75 Å². The molecule has 1 aliphatic rings. The zero-order valence-corrected chi connectivity index (χ0v) is 13.9. The SMILES string of the molecule is O=C(NCCOc1cccc2c1CCCC2)NCc1ccccc1. The van der Waals surface area contributed by atoms with Crippen molar-refractivity contribution in [1.29, 1.82) is 0 Å². The molecule has 0 spiro atoms. The van der Waals surface area contributed by atoms with Crippen LogP contribution in [0.4, 0.5) is 4.79 Å². The second kappa shape index (κ2) is 8.39. The first kappa shape index (κ1) is 16.4. The molecule has 24 heavy (non-hydrogen) atoms. The van der Waals surface area contributed by atoms with E-state index in [1.165, 1.54) is 24.0 Å². The smallest absolute Gasteiger partial charge is 0.315 e. The van der Waals surface area contributed by atoms with Gasteiger partial charge in [0.05, 0.1) is 6.54 Å². The summed E-state index contributed by atoms with van der Waals surface area (Å²) in [5, 5.41) is 5.67. The minimum Gasteiger partial charge on any atom is -0.491 e. The lowest BCUT2D eigenvalue weighted by molar-refractivity contribution is 0.236. The summed E-state index contributed by atoms with van der Waals surface area (Å²) in [5.74, 6) is 0.971.